The summed E-state index contributed by atoms with van der Waals surface area (Å²) < 4.78 is 0. The van der Waals surface area contributed by atoms with Gasteiger partial charge in [-0.25, -0.2) is 0 Å². The quantitative estimate of drug-likeness (QED) is 0.814. The van der Waals surface area contributed by atoms with Crippen molar-refractivity contribution in [1.29, 1.82) is 0 Å². The van der Waals surface area contributed by atoms with E-state index in [1.165, 1.54) is 19.4 Å². The molecule has 2 unspecified atom stereocenters. The SMILES string of the molecule is CCN1CCCC1CN(C)C(=O)C1(C)CCCN1. The number of likely N-dealkylation sites (tertiary alicyclic amines) is 1. The molecule has 2 rings (SSSR count). The number of nitrogens with zero attached hydrogens (tertiary/aromatic N) is 2. The summed E-state index contributed by atoms with van der Waals surface area (Å²) in [6.45, 7) is 8.40. The van der Waals surface area contributed by atoms with Gasteiger partial charge in [0.15, 0.2) is 0 Å². The summed E-state index contributed by atoms with van der Waals surface area (Å²) in [5.74, 6) is 0.267. The number of hydrogen-bond donors (Lipinski definition) is 1. The van der Waals surface area contributed by atoms with E-state index < -0.39 is 0 Å². The van der Waals surface area contributed by atoms with E-state index in [1.807, 2.05) is 18.9 Å². The van der Waals surface area contributed by atoms with Crippen molar-refractivity contribution in [3.8, 4) is 0 Å². The molecule has 0 radical (unpaired) electrons. The van der Waals surface area contributed by atoms with Gasteiger partial charge in [0.1, 0.15) is 0 Å². The standard InChI is InChI=1S/C14H27N3O/c1-4-17-10-5-7-12(17)11-16(3)13(18)14(2)8-6-9-15-14/h12,15H,4-11H2,1-3H3. The Kier molecular flexibility index (Phi) is 4.28. The van der Waals surface area contributed by atoms with E-state index in [4.69, 9.17) is 0 Å². The third-order valence-electron chi connectivity index (χ3n) is 4.58. The molecule has 4 nitrogen and oxygen atoms in total. The molecule has 4 heteroatoms. The van der Waals surface area contributed by atoms with Crippen molar-refractivity contribution in [3.63, 3.8) is 0 Å². The van der Waals surface area contributed by atoms with Crippen LogP contribution in [-0.2, 0) is 4.79 Å². The third-order valence-corrected chi connectivity index (χ3v) is 4.58. The van der Waals surface area contributed by atoms with Gasteiger partial charge in [-0.2, -0.15) is 0 Å². The molecule has 18 heavy (non-hydrogen) atoms. The van der Waals surface area contributed by atoms with E-state index in [0.29, 0.717) is 6.04 Å². The Morgan fingerprint density at radius 2 is 2.28 bits per heavy atom. The number of amides is 1. The van der Waals surface area contributed by atoms with Crippen molar-refractivity contribution in [1.82, 2.24) is 15.1 Å². The molecule has 0 aromatic heterocycles. The van der Waals surface area contributed by atoms with Crippen molar-refractivity contribution in [2.24, 2.45) is 0 Å². The number of carbonyl (C=O) groups is 1. The molecule has 0 aromatic rings. The van der Waals surface area contributed by atoms with Crippen LogP contribution in [0.2, 0.25) is 0 Å². The Morgan fingerprint density at radius 3 is 2.89 bits per heavy atom. The van der Waals surface area contributed by atoms with Crippen LogP contribution in [0.15, 0.2) is 0 Å². The van der Waals surface area contributed by atoms with E-state index in [1.54, 1.807) is 0 Å². The van der Waals surface area contributed by atoms with Gasteiger partial charge in [0.25, 0.3) is 0 Å². The van der Waals surface area contributed by atoms with Crippen LogP contribution in [0.25, 0.3) is 0 Å². The molecule has 2 saturated heterocycles. The zero-order valence-corrected chi connectivity index (χ0v) is 12.0. The first-order chi connectivity index (χ1) is 8.57. The second kappa shape index (κ2) is 5.57. The largest absolute Gasteiger partial charge is 0.343 e. The number of rotatable bonds is 4. The summed E-state index contributed by atoms with van der Waals surface area (Å²) in [5, 5.41) is 3.36. The Hall–Kier alpha value is -0.610. The molecule has 2 aliphatic heterocycles. The third kappa shape index (κ3) is 2.69. The maximum Gasteiger partial charge on any atom is 0.242 e. The molecule has 1 amide bonds. The fourth-order valence-corrected chi connectivity index (χ4v) is 3.42. The lowest BCUT2D eigenvalue weighted by molar-refractivity contribution is -0.136. The first kappa shape index (κ1) is 13.8. The van der Waals surface area contributed by atoms with Crippen molar-refractivity contribution in [2.75, 3.05) is 33.2 Å². The predicted molar refractivity (Wildman–Crippen MR) is 73.5 cm³/mol. The van der Waals surface area contributed by atoms with Crippen LogP contribution in [0.4, 0.5) is 0 Å². The van der Waals surface area contributed by atoms with Gasteiger partial charge in [-0.1, -0.05) is 6.92 Å². The van der Waals surface area contributed by atoms with Crippen LogP contribution >= 0.6 is 0 Å². The fourth-order valence-electron chi connectivity index (χ4n) is 3.42. The zero-order chi connectivity index (χ0) is 13.2. The Bertz CT molecular complexity index is 299. The molecular weight excluding hydrogens is 226 g/mol. The van der Waals surface area contributed by atoms with Gasteiger partial charge < -0.3 is 10.2 Å². The Balaban J connectivity index is 1.91. The minimum Gasteiger partial charge on any atom is -0.343 e. The highest BCUT2D eigenvalue weighted by Gasteiger charge is 2.38. The van der Waals surface area contributed by atoms with Gasteiger partial charge in [-0.05, 0) is 52.2 Å². The first-order valence-electron chi connectivity index (χ1n) is 7.31. The zero-order valence-electron chi connectivity index (χ0n) is 12.0. The van der Waals surface area contributed by atoms with Crippen molar-refractivity contribution < 1.29 is 4.79 Å². The highest BCUT2D eigenvalue weighted by atomic mass is 16.2. The Labute approximate surface area is 111 Å². The normalized spacial score (nSPS) is 32.9. The van der Waals surface area contributed by atoms with Crippen LogP contribution < -0.4 is 5.32 Å². The van der Waals surface area contributed by atoms with Gasteiger partial charge in [0, 0.05) is 19.6 Å². The number of carbonyl (C=O) groups excluding carboxylic acids is 1. The van der Waals surface area contributed by atoms with Crippen LogP contribution in [-0.4, -0.2) is 60.5 Å². The van der Waals surface area contributed by atoms with Gasteiger partial charge in [0.05, 0.1) is 5.54 Å². The monoisotopic (exact) mass is 253 g/mol. The maximum absolute atomic E-state index is 12.5. The van der Waals surface area contributed by atoms with Crippen LogP contribution in [0.5, 0.6) is 0 Å². The second-order valence-electron chi connectivity index (χ2n) is 5.97. The molecule has 0 aromatic carbocycles. The summed E-state index contributed by atoms with van der Waals surface area (Å²) in [4.78, 5) is 16.9. The van der Waals surface area contributed by atoms with E-state index in [9.17, 15) is 4.79 Å². The summed E-state index contributed by atoms with van der Waals surface area (Å²) in [6, 6.07) is 0.564. The second-order valence-corrected chi connectivity index (χ2v) is 5.97. The van der Waals surface area contributed by atoms with Crippen molar-refractivity contribution in [3.05, 3.63) is 0 Å². The highest BCUT2D eigenvalue weighted by Crippen LogP contribution is 2.23. The lowest BCUT2D eigenvalue weighted by Crippen LogP contribution is -2.54. The van der Waals surface area contributed by atoms with E-state index in [-0.39, 0.29) is 11.4 Å². The fraction of sp³-hybridized carbons (Fsp3) is 0.929. The van der Waals surface area contributed by atoms with Crippen molar-refractivity contribution >= 4 is 5.91 Å². The average Bonchev–Trinajstić information content (AvgIpc) is 2.97. The summed E-state index contributed by atoms with van der Waals surface area (Å²) in [5.41, 5.74) is -0.315. The Morgan fingerprint density at radius 1 is 1.50 bits per heavy atom. The summed E-state index contributed by atoms with van der Waals surface area (Å²) in [7, 11) is 1.96. The average molecular weight is 253 g/mol. The molecule has 0 spiro atoms. The molecule has 0 bridgehead atoms. The highest BCUT2D eigenvalue weighted by molar-refractivity contribution is 5.86. The molecule has 0 aliphatic carbocycles. The summed E-state index contributed by atoms with van der Waals surface area (Å²) in [6.07, 6.45) is 4.59. The molecule has 2 aliphatic rings. The number of nitrogens with one attached hydrogen (secondary N) is 1. The first-order valence-corrected chi connectivity index (χ1v) is 7.31. The smallest absolute Gasteiger partial charge is 0.242 e. The van der Waals surface area contributed by atoms with Gasteiger partial charge in [0.2, 0.25) is 5.91 Å². The van der Waals surface area contributed by atoms with Gasteiger partial charge in [-0.3, -0.25) is 9.69 Å². The lowest BCUT2D eigenvalue weighted by atomic mass is 9.98. The van der Waals surface area contributed by atoms with Gasteiger partial charge >= 0.3 is 0 Å². The van der Waals surface area contributed by atoms with E-state index in [2.05, 4.69) is 17.1 Å². The summed E-state index contributed by atoms with van der Waals surface area (Å²) >= 11 is 0. The van der Waals surface area contributed by atoms with Crippen LogP contribution in [0, 0.1) is 0 Å². The molecule has 2 atom stereocenters. The van der Waals surface area contributed by atoms with Crippen LogP contribution in [0.3, 0.4) is 0 Å². The predicted octanol–water partition coefficient (Wildman–Crippen LogP) is 1.07. The molecular formula is C14H27N3O. The molecule has 0 saturated carbocycles. The van der Waals surface area contributed by atoms with Gasteiger partial charge in [-0.15, -0.1) is 0 Å². The van der Waals surface area contributed by atoms with E-state index in [0.717, 1.165) is 32.5 Å². The minimum atomic E-state index is -0.315. The number of likely N-dealkylation sites (N-methyl/N-ethyl adjacent to an activating group) is 2. The number of hydrogen-bond acceptors (Lipinski definition) is 3. The van der Waals surface area contributed by atoms with E-state index >= 15 is 0 Å². The molecule has 1 N–H and O–H groups in total. The van der Waals surface area contributed by atoms with Crippen LogP contribution in [0.1, 0.15) is 39.5 Å². The lowest BCUT2D eigenvalue weighted by Gasteiger charge is -2.33. The maximum atomic E-state index is 12.5. The molecule has 2 heterocycles. The molecule has 2 fully saturated rings. The topological polar surface area (TPSA) is 35.6 Å². The van der Waals surface area contributed by atoms with Crippen molar-refractivity contribution in [2.45, 2.75) is 51.1 Å². The minimum absolute atomic E-state index is 0.267. The molecule has 104 valence electrons.